The fraction of sp³-hybridized carbons (Fsp3) is 0.346. The zero-order valence-electron chi connectivity index (χ0n) is 18.5. The van der Waals surface area contributed by atoms with Crippen LogP contribution in [0, 0.1) is 0 Å². The highest BCUT2D eigenvalue weighted by Crippen LogP contribution is 2.14. The first-order valence-corrected chi connectivity index (χ1v) is 10.2. The first kappa shape index (κ1) is 24.2. The largest absolute Gasteiger partial charge is 0.508 e. The van der Waals surface area contributed by atoms with Crippen molar-refractivity contribution in [3.63, 3.8) is 0 Å². The van der Waals surface area contributed by atoms with Gasteiger partial charge in [-0.25, -0.2) is 0 Å². The summed E-state index contributed by atoms with van der Waals surface area (Å²) < 4.78 is 0. The van der Waals surface area contributed by atoms with Gasteiger partial charge in [-0.05, 0) is 90.1 Å². The molecular weight excluding hydrogens is 358 g/mol. The minimum Gasteiger partial charge on any atom is -0.508 e. The second-order valence-electron chi connectivity index (χ2n) is 7.71. The minimum atomic E-state index is -0.188. The third-order valence-electron chi connectivity index (χ3n) is 4.36. The van der Waals surface area contributed by atoms with Crippen LogP contribution in [0.15, 0.2) is 83.0 Å². The number of carbonyl (C=O) groups excluding carboxylic acids is 1. The maximum Gasteiger partial charge on any atom is 0.248 e. The molecule has 1 aromatic rings. The molecule has 0 atom stereocenters. The number of benzene rings is 1. The van der Waals surface area contributed by atoms with Gasteiger partial charge >= 0.3 is 0 Å². The summed E-state index contributed by atoms with van der Waals surface area (Å²) in [6.45, 7) is 10.5. The van der Waals surface area contributed by atoms with Crippen molar-refractivity contribution in [3.8, 4) is 5.75 Å². The summed E-state index contributed by atoms with van der Waals surface area (Å²) >= 11 is 0. The fourth-order valence-corrected chi connectivity index (χ4v) is 2.66. The van der Waals surface area contributed by atoms with Crippen molar-refractivity contribution in [2.24, 2.45) is 0 Å². The van der Waals surface area contributed by atoms with Crippen LogP contribution in [0.5, 0.6) is 5.75 Å². The van der Waals surface area contributed by atoms with E-state index in [9.17, 15) is 9.90 Å². The van der Waals surface area contributed by atoms with Gasteiger partial charge in [-0.2, -0.15) is 0 Å². The van der Waals surface area contributed by atoms with Crippen molar-refractivity contribution in [2.75, 3.05) is 5.32 Å². The quantitative estimate of drug-likeness (QED) is 0.190. The Kier molecular flexibility index (Phi) is 11.2. The van der Waals surface area contributed by atoms with Crippen LogP contribution in [-0.2, 0) is 4.79 Å². The summed E-state index contributed by atoms with van der Waals surface area (Å²) in [7, 11) is 0. The zero-order chi connectivity index (χ0) is 21.6. The lowest BCUT2D eigenvalue weighted by Crippen LogP contribution is -2.08. The molecule has 0 spiro atoms. The lowest BCUT2D eigenvalue weighted by Gasteiger charge is -2.02. The molecule has 1 rings (SSSR count). The Morgan fingerprint density at radius 2 is 1.55 bits per heavy atom. The van der Waals surface area contributed by atoms with Gasteiger partial charge < -0.3 is 10.4 Å². The van der Waals surface area contributed by atoms with E-state index >= 15 is 0 Å². The molecule has 156 valence electrons. The van der Waals surface area contributed by atoms with Crippen LogP contribution in [0.4, 0.5) is 5.69 Å². The third kappa shape index (κ3) is 12.3. The van der Waals surface area contributed by atoms with E-state index in [0.29, 0.717) is 5.69 Å². The van der Waals surface area contributed by atoms with Gasteiger partial charge in [-0.15, -0.1) is 0 Å². The van der Waals surface area contributed by atoms with E-state index in [2.05, 4.69) is 51.2 Å². The van der Waals surface area contributed by atoms with Gasteiger partial charge in [0.25, 0.3) is 0 Å². The third-order valence-corrected chi connectivity index (χ3v) is 4.36. The number of aromatic hydroxyl groups is 1. The van der Waals surface area contributed by atoms with Crippen LogP contribution in [-0.4, -0.2) is 11.0 Å². The van der Waals surface area contributed by atoms with Crippen LogP contribution in [0.25, 0.3) is 0 Å². The van der Waals surface area contributed by atoms with E-state index in [1.54, 1.807) is 30.3 Å². The summed E-state index contributed by atoms with van der Waals surface area (Å²) in [5, 5.41) is 12.0. The molecule has 0 radical (unpaired) electrons. The van der Waals surface area contributed by atoms with Crippen molar-refractivity contribution in [3.05, 3.63) is 83.0 Å². The Morgan fingerprint density at radius 1 is 0.931 bits per heavy atom. The van der Waals surface area contributed by atoms with Crippen LogP contribution >= 0.6 is 0 Å². The Labute approximate surface area is 176 Å². The van der Waals surface area contributed by atoms with Gasteiger partial charge in [0.2, 0.25) is 5.91 Å². The number of hydrogen-bond donors (Lipinski definition) is 2. The highest BCUT2D eigenvalue weighted by Gasteiger charge is 1.98. The van der Waals surface area contributed by atoms with E-state index in [1.807, 2.05) is 19.1 Å². The van der Waals surface area contributed by atoms with Crippen molar-refractivity contribution in [1.29, 1.82) is 0 Å². The second kappa shape index (κ2) is 13.4. The molecule has 0 aliphatic heterocycles. The Morgan fingerprint density at radius 3 is 2.21 bits per heavy atom. The van der Waals surface area contributed by atoms with Gasteiger partial charge in [-0.3, -0.25) is 4.79 Å². The number of rotatable bonds is 10. The summed E-state index contributed by atoms with van der Waals surface area (Å²) in [6.07, 6.45) is 16.5. The number of phenols is 1. The lowest BCUT2D eigenvalue weighted by atomic mass is 10.1. The number of phenolic OH excluding ortho intramolecular Hbond substituents is 1. The molecule has 0 heterocycles. The van der Waals surface area contributed by atoms with E-state index in [-0.39, 0.29) is 11.7 Å². The normalized spacial score (nSPS) is 12.9. The van der Waals surface area contributed by atoms with Crippen LogP contribution in [0.1, 0.15) is 60.3 Å². The standard InChI is InChI=1S/C26H35NO2/c1-20(2)9-6-10-21(3)11-7-12-22(4)13-8-14-23(5)19-26(29)27-24-15-17-25(28)18-16-24/h8-9,11,13-19,28H,6-7,10,12H2,1-5H3,(H,27,29). The summed E-state index contributed by atoms with van der Waals surface area (Å²) in [4.78, 5) is 12.0. The highest BCUT2D eigenvalue weighted by molar-refractivity contribution is 5.99. The molecule has 0 unspecified atom stereocenters. The van der Waals surface area contributed by atoms with Crippen molar-refractivity contribution < 1.29 is 9.90 Å². The monoisotopic (exact) mass is 393 g/mol. The average Bonchev–Trinajstić information content (AvgIpc) is 2.63. The molecule has 0 saturated carbocycles. The maximum absolute atomic E-state index is 12.0. The number of nitrogens with one attached hydrogen (secondary N) is 1. The average molecular weight is 394 g/mol. The lowest BCUT2D eigenvalue weighted by molar-refractivity contribution is -0.111. The number of hydrogen-bond acceptors (Lipinski definition) is 2. The molecular formula is C26H35NO2. The van der Waals surface area contributed by atoms with Crippen molar-refractivity contribution >= 4 is 11.6 Å². The summed E-state index contributed by atoms with van der Waals surface area (Å²) in [5.41, 5.74) is 5.67. The van der Waals surface area contributed by atoms with Crippen LogP contribution < -0.4 is 5.32 Å². The van der Waals surface area contributed by atoms with Crippen molar-refractivity contribution in [2.45, 2.75) is 60.3 Å². The molecule has 3 nitrogen and oxygen atoms in total. The minimum absolute atomic E-state index is 0.175. The maximum atomic E-state index is 12.0. The molecule has 0 saturated heterocycles. The first-order valence-electron chi connectivity index (χ1n) is 10.2. The van der Waals surface area contributed by atoms with E-state index in [0.717, 1.165) is 31.3 Å². The van der Waals surface area contributed by atoms with Crippen LogP contribution in [0.3, 0.4) is 0 Å². The van der Waals surface area contributed by atoms with E-state index < -0.39 is 0 Å². The smallest absolute Gasteiger partial charge is 0.248 e. The van der Waals surface area contributed by atoms with Crippen LogP contribution in [0.2, 0.25) is 0 Å². The molecule has 0 aliphatic rings. The number of anilines is 1. The molecule has 0 bridgehead atoms. The molecule has 3 heteroatoms. The van der Waals surface area contributed by atoms with Gasteiger partial charge in [0.05, 0.1) is 0 Å². The number of carbonyl (C=O) groups is 1. The molecule has 0 fully saturated rings. The molecule has 1 amide bonds. The van der Waals surface area contributed by atoms with Gasteiger partial charge in [0.15, 0.2) is 0 Å². The Hall–Kier alpha value is -2.81. The summed E-state index contributed by atoms with van der Waals surface area (Å²) in [5.74, 6) is -0.0125. The van der Waals surface area contributed by atoms with Gasteiger partial charge in [0, 0.05) is 11.8 Å². The fourth-order valence-electron chi connectivity index (χ4n) is 2.66. The highest BCUT2D eigenvalue weighted by atomic mass is 16.3. The Bertz CT molecular complexity index is 802. The number of allylic oxidation sites excluding steroid dienone is 9. The topological polar surface area (TPSA) is 49.3 Å². The van der Waals surface area contributed by atoms with Crippen molar-refractivity contribution in [1.82, 2.24) is 0 Å². The molecule has 0 aliphatic carbocycles. The molecule has 1 aromatic carbocycles. The molecule has 2 N–H and O–H groups in total. The predicted molar refractivity (Wildman–Crippen MR) is 125 cm³/mol. The van der Waals surface area contributed by atoms with Gasteiger partial charge in [-0.1, -0.05) is 47.1 Å². The predicted octanol–water partition coefficient (Wildman–Crippen LogP) is 7.25. The van der Waals surface area contributed by atoms with Gasteiger partial charge in [0.1, 0.15) is 5.75 Å². The Balaban J connectivity index is 2.43. The SMILES string of the molecule is CC(C)=CCCC(C)=CCCC(C)=CC=CC(C)=CC(=O)Nc1ccc(O)cc1. The molecule has 29 heavy (non-hydrogen) atoms. The number of amides is 1. The molecule has 0 aromatic heterocycles. The van der Waals surface area contributed by atoms with E-state index in [1.165, 1.54) is 16.7 Å². The second-order valence-corrected chi connectivity index (χ2v) is 7.71. The zero-order valence-corrected chi connectivity index (χ0v) is 18.5. The first-order chi connectivity index (χ1) is 13.8. The van der Waals surface area contributed by atoms with E-state index in [4.69, 9.17) is 0 Å². The summed E-state index contributed by atoms with van der Waals surface area (Å²) in [6, 6.07) is 6.41.